The molecule has 19 heavy (non-hydrogen) atoms. The fourth-order valence-corrected chi connectivity index (χ4v) is 1.65. The van der Waals surface area contributed by atoms with Crippen molar-refractivity contribution in [1.29, 1.82) is 0 Å². The third-order valence-electron chi connectivity index (χ3n) is 2.57. The van der Waals surface area contributed by atoms with Crippen molar-refractivity contribution in [2.45, 2.75) is 13.5 Å². The standard InChI is InChI=1S/C14H15N3O2/c1-10-4-3-5-12(17-10)9-16-11-6-7-15-13(8-11)14(18)19-2/h3-8H,9H2,1-2H3,(H,15,16). The summed E-state index contributed by atoms with van der Waals surface area (Å²) in [6.07, 6.45) is 1.57. The van der Waals surface area contributed by atoms with Gasteiger partial charge in [0.05, 0.1) is 19.3 Å². The van der Waals surface area contributed by atoms with E-state index in [0.29, 0.717) is 6.54 Å². The summed E-state index contributed by atoms with van der Waals surface area (Å²) in [5.41, 5.74) is 3.00. The topological polar surface area (TPSA) is 64.1 Å². The monoisotopic (exact) mass is 257 g/mol. The van der Waals surface area contributed by atoms with E-state index in [9.17, 15) is 4.79 Å². The van der Waals surface area contributed by atoms with Gasteiger partial charge in [-0.25, -0.2) is 9.78 Å². The van der Waals surface area contributed by atoms with Crippen LogP contribution in [0.25, 0.3) is 0 Å². The number of aryl methyl sites for hydroxylation is 1. The lowest BCUT2D eigenvalue weighted by molar-refractivity contribution is 0.0594. The Hall–Kier alpha value is -2.43. The molecule has 0 amide bonds. The number of ether oxygens (including phenoxy) is 1. The molecule has 0 aromatic carbocycles. The van der Waals surface area contributed by atoms with Crippen LogP contribution in [0.5, 0.6) is 0 Å². The lowest BCUT2D eigenvalue weighted by Crippen LogP contribution is -2.06. The molecule has 2 rings (SSSR count). The summed E-state index contributed by atoms with van der Waals surface area (Å²) in [6, 6.07) is 9.31. The van der Waals surface area contributed by atoms with Crippen molar-refractivity contribution in [2.75, 3.05) is 12.4 Å². The van der Waals surface area contributed by atoms with Crippen LogP contribution in [0, 0.1) is 6.92 Å². The fourth-order valence-electron chi connectivity index (χ4n) is 1.65. The molecule has 2 heterocycles. The molecule has 0 aliphatic carbocycles. The summed E-state index contributed by atoms with van der Waals surface area (Å²) in [6.45, 7) is 2.54. The molecule has 0 spiro atoms. The normalized spacial score (nSPS) is 10.0. The third-order valence-corrected chi connectivity index (χ3v) is 2.57. The number of methoxy groups -OCH3 is 1. The van der Waals surface area contributed by atoms with E-state index >= 15 is 0 Å². The Balaban J connectivity index is 2.05. The molecule has 0 saturated carbocycles. The maximum atomic E-state index is 11.4. The van der Waals surface area contributed by atoms with Crippen molar-refractivity contribution < 1.29 is 9.53 Å². The van der Waals surface area contributed by atoms with Gasteiger partial charge in [0.15, 0.2) is 0 Å². The van der Waals surface area contributed by atoms with Crippen molar-refractivity contribution in [3.8, 4) is 0 Å². The first kappa shape index (κ1) is 13.0. The van der Waals surface area contributed by atoms with Crippen LogP contribution in [0.15, 0.2) is 36.5 Å². The molecular formula is C14H15N3O2. The van der Waals surface area contributed by atoms with Crippen LogP contribution in [0.3, 0.4) is 0 Å². The molecule has 0 radical (unpaired) electrons. The number of hydrogen-bond donors (Lipinski definition) is 1. The van der Waals surface area contributed by atoms with Crippen molar-refractivity contribution in [1.82, 2.24) is 9.97 Å². The number of carbonyl (C=O) groups is 1. The van der Waals surface area contributed by atoms with Gasteiger partial charge in [-0.15, -0.1) is 0 Å². The quantitative estimate of drug-likeness (QED) is 0.850. The van der Waals surface area contributed by atoms with Gasteiger partial charge >= 0.3 is 5.97 Å². The zero-order valence-corrected chi connectivity index (χ0v) is 10.9. The van der Waals surface area contributed by atoms with Gasteiger partial charge in [0.2, 0.25) is 0 Å². The molecule has 0 bridgehead atoms. The highest BCUT2D eigenvalue weighted by Gasteiger charge is 2.07. The van der Waals surface area contributed by atoms with Crippen LogP contribution in [-0.2, 0) is 11.3 Å². The predicted molar refractivity (Wildman–Crippen MR) is 71.9 cm³/mol. The molecule has 5 heteroatoms. The van der Waals surface area contributed by atoms with Crippen LogP contribution in [0.4, 0.5) is 5.69 Å². The van der Waals surface area contributed by atoms with E-state index < -0.39 is 5.97 Å². The molecule has 0 aliphatic heterocycles. The van der Waals surface area contributed by atoms with Crippen LogP contribution >= 0.6 is 0 Å². The summed E-state index contributed by atoms with van der Waals surface area (Å²) >= 11 is 0. The fraction of sp³-hybridized carbons (Fsp3) is 0.214. The zero-order valence-electron chi connectivity index (χ0n) is 10.9. The number of nitrogens with zero attached hydrogens (tertiary/aromatic N) is 2. The smallest absolute Gasteiger partial charge is 0.356 e. The molecule has 0 saturated heterocycles. The van der Waals surface area contributed by atoms with Crippen molar-refractivity contribution in [3.63, 3.8) is 0 Å². The highest BCUT2D eigenvalue weighted by atomic mass is 16.5. The summed E-state index contributed by atoms with van der Waals surface area (Å²) in [5, 5.41) is 3.20. The number of rotatable bonds is 4. The Bertz CT molecular complexity index is 584. The lowest BCUT2D eigenvalue weighted by atomic mass is 10.3. The average molecular weight is 257 g/mol. The number of nitrogens with one attached hydrogen (secondary N) is 1. The van der Waals surface area contributed by atoms with Gasteiger partial charge < -0.3 is 10.1 Å². The van der Waals surface area contributed by atoms with Crippen molar-refractivity contribution in [3.05, 3.63) is 53.6 Å². The molecule has 5 nitrogen and oxygen atoms in total. The number of hydrogen-bond acceptors (Lipinski definition) is 5. The molecule has 98 valence electrons. The molecule has 0 fully saturated rings. The number of aromatic nitrogens is 2. The minimum absolute atomic E-state index is 0.282. The first-order chi connectivity index (χ1) is 9.19. The second kappa shape index (κ2) is 5.95. The van der Waals surface area contributed by atoms with Gasteiger partial charge in [-0.1, -0.05) is 6.07 Å². The Morgan fingerprint density at radius 2 is 2.21 bits per heavy atom. The molecule has 0 aliphatic rings. The van der Waals surface area contributed by atoms with Gasteiger partial charge in [-0.05, 0) is 31.2 Å². The molecule has 2 aromatic rings. The molecule has 0 atom stereocenters. The summed E-state index contributed by atoms with van der Waals surface area (Å²) in [5.74, 6) is -0.447. The molecule has 1 N–H and O–H groups in total. The van der Waals surface area contributed by atoms with E-state index in [-0.39, 0.29) is 5.69 Å². The highest BCUT2D eigenvalue weighted by Crippen LogP contribution is 2.10. The van der Waals surface area contributed by atoms with Crippen molar-refractivity contribution >= 4 is 11.7 Å². The number of pyridine rings is 2. The second-order valence-electron chi connectivity index (χ2n) is 4.05. The Morgan fingerprint density at radius 3 is 2.95 bits per heavy atom. The van der Waals surface area contributed by atoms with E-state index in [0.717, 1.165) is 17.1 Å². The van der Waals surface area contributed by atoms with E-state index in [4.69, 9.17) is 0 Å². The van der Waals surface area contributed by atoms with Crippen molar-refractivity contribution in [2.24, 2.45) is 0 Å². The highest BCUT2D eigenvalue weighted by molar-refractivity contribution is 5.88. The molecule has 0 unspecified atom stereocenters. The SMILES string of the molecule is COC(=O)c1cc(NCc2cccc(C)n2)ccn1. The van der Waals surface area contributed by atoms with Crippen LogP contribution in [0.1, 0.15) is 21.9 Å². The first-order valence-corrected chi connectivity index (χ1v) is 5.90. The number of carbonyl (C=O) groups excluding carboxylic acids is 1. The van der Waals surface area contributed by atoms with Gasteiger partial charge in [-0.2, -0.15) is 0 Å². The zero-order chi connectivity index (χ0) is 13.7. The summed E-state index contributed by atoms with van der Waals surface area (Å²) in [4.78, 5) is 19.7. The molecular weight excluding hydrogens is 242 g/mol. The van der Waals surface area contributed by atoms with E-state index in [1.54, 1.807) is 18.3 Å². The average Bonchev–Trinajstić information content (AvgIpc) is 2.45. The number of anilines is 1. The van der Waals surface area contributed by atoms with Gasteiger partial charge in [-0.3, -0.25) is 4.98 Å². The first-order valence-electron chi connectivity index (χ1n) is 5.90. The summed E-state index contributed by atoms with van der Waals surface area (Å²) in [7, 11) is 1.33. The van der Waals surface area contributed by atoms with Gasteiger partial charge in [0.1, 0.15) is 5.69 Å². The second-order valence-corrected chi connectivity index (χ2v) is 4.05. The minimum atomic E-state index is -0.447. The maximum Gasteiger partial charge on any atom is 0.356 e. The van der Waals surface area contributed by atoms with E-state index in [2.05, 4.69) is 20.0 Å². The van der Waals surface area contributed by atoms with Gasteiger partial charge in [0, 0.05) is 17.6 Å². The largest absolute Gasteiger partial charge is 0.464 e. The summed E-state index contributed by atoms with van der Waals surface area (Å²) < 4.78 is 4.63. The Labute approximate surface area is 111 Å². The lowest BCUT2D eigenvalue weighted by Gasteiger charge is -2.07. The van der Waals surface area contributed by atoms with Crippen LogP contribution < -0.4 is 5.32 Å². The van der Waals surface area contributed by atoms with Crippen LogP contribution in [0.2, 0.25) is 0 Å². The maximum absolute atomic E-state index is 11.4. The van der Waals surface area contributed by atoms with Gasteiger partial charge in [0.25, 0.3) is 0 Å². The number of esters is 1. The molecule has 2 aromatic heterocycles. The minimum Gasteiger partial charge on any atom is -0.464 e. The van der Waals surface area contributed by atoms with Crippen LogP contribution in [-0.4, -0.2) is 23.0 Å². The third kappa shape index (κ3) is 3.51. The van der Waals surface area contributed by atoms with E-state index in [1.807, 2.05) is 25.1 Å². The Morgan fingerprint density at radius 1 is 1.37 bits per heavy atom. The predicted octanol–water partition coefficient (Wildman–Crippen LogP) is 2.18. The Kier molecular flexibility index (Phi) is 4.07. The van der Waals surface area contributed by atoms with E-state index in [1.165, 1.54) is 7.11 Å².